The summed E-state index contributed by atoms with van der Waals surface area (Å²) in [6, 6.07) is 14.0. The molecule has 0 aliphatic carbocycles. The average Bonchev–Trinajstić information content (AvgIpc) is 3.25. The van der Waals surface area contributed by atoms with Gasteiger partial charge in [-0.1, -0.05) is 67.5 Å². The number of amides is 2. The number of aromatic nitrogens is 2. The molecule has 2 atom stereocenters. The maximum atomic E-state index is 13.0. The standard InChI is InChI=1S/C23H26N4O3S/c1-5-15(3)19(24-20(28)17-7-6-8-18(13-17)30-4)21(29)25-23-27-26-22(31-23)16-11-9-14(2)10-12-16/h6-13,15,19H,5H2,1-4H3,(H,24,28)(H,25,27,29). The Bertz CT molecular complexity index is 1050. The van der Waals surface area contributed by atoms with Gasteiger partial charge >= 0.3 is 0 Å². The van der Waals surface area contributed by atoms with Crippen molar-refractivity contribution in [3.8, 4) is 16.3 Å². The molecule has 8 heteroatoms. The number of nitrogens with zero attached hydrogens (tertiary/aromatic N) is 2. The number of ether oxygens (including phenoxy) is 1. The van der Waals surface area contributed by atoms with Crippen molar-refractivity contribution in [1.29, 1.82) is 0 Å². The monoisotopic (exact) mass is 438 g/mol. The van der Waals surface area contributed by atoms with E-state index >= 15 is 0 Å². The van der Waals surface area contributed by atoms with Crippen LogP contribution in [0.25, 0.3) is 10.6 Å². The number of hydrogen-bond donors (Lipinski definition) is 2. The van der Waals surface area contributed by atoms with Gasteiger partial charge in [-0.05, 0) is 31.0 Å². The zero-order chi connectivity index (χ0) is 22.4. The van der Waals surface area contributed by atoms with Crippen molar-refractivity contribution in [3.05, 3.63) is 59.7 Å². The maximum Gasteiger partial charge on any atom is 0.252 e. The number of methoxy groups -OCH3 is 1. The molecule has 0 bridgehead atoms. The summed E-state index contributed by atoms with van der Waals surface area (Å²) in [5.74, 6) is -0.150. The molecule has 1 aromatic heterocycles. The molecule has 2 unspecified atom stereocenters. The number of hydrogen-bond acceptors (Lipinski definition) is 6. The van der Waals surface area contributed by atoms with Gasteiger partial charge in [-0.3, -0.25) is 14.9 Å². The van der Waals surface area contributed by atoms with Crippen molar-refractivity contribution in [1.82, 2.24) is 15.5 Å². The van der Waals surface area contributed by atoms with E-state index in [9.17, 15) is 9.59 Å². The van der Waals surface area contributed by atoms with E-state index in [1.54, 1.807) is 31.4 Å². The number of anilines is 1. The molecular formula is C23H26N4O3S. The predicted molar refractivity (Wildman–Crippen MR) is 122 cm³/mol. The van der Waals surface area contributed by atoms with E-state index in [0.29, 0.717) is 16.4 Å². The lowest BCUT2D eigenvalue weighted by molar-refractivity contribution is -0.119. The minimum Gasteiger partial charge on any atom is -0.497 e. The molecule has 0 aliphatic heterocycles. The van der Waals surface area contributed by atoms with Gasteiger partial charge < -0.3 is 10.1 Å². The second-order valence-electron chi connectivity index (χ2n) is 7.34. The summed E-state index contributed by atoms with van der Waals surface area (Å²) >= 11 is 1.29. The normalized spacial score (nSPS) is 12.6. The van der Waals surface area contributed by atoms with Crippen LogP contribution in [0, 0.1) is 12.8 Å². The highest BCUT2D eigenvalue weighted by Crippen LogP contribution is 2.27. The van der Waals surface area contributed by atoms with Crippen molar-refractivity contribution >= 4 is 28.3 Å². The maximum absolute atomic E-state index is 13.0. The number of nitrogens with one attached hydrogen (secondary N) is 2. The molecule has 0 saturated heterocycles. The Kier molecular flexibility index (Phi) is 7.36. The fourth-order valence-corrected chi connectivity index (χ4v) is 3.71. The number of aryl methyl sites for hydroxylation is 1. The van der Waals surface area contributed by atoms with Crippen LogP contribution in [-0.4, -0.2) is 35.2 Å². The molecule has 3 aromatic rings. The van der Waals surface area contributed by atoms with Gasteiger partial charge in [0.25, 0.3) is 5.91 Å². The predicted octanol–water partition coefficient (Wildman–Crippen LogP) is 4.31. The highest BCUT2D eigenvalue weighted by atomic mass is 32.1. The first-order valence-corrected chi connectivity index (χ1v) is 10.9. The van der Waals surface area contributed by atoms with E-state index in [4.69, 9.17) is 4.74 Å². The quantitative estimate of drug-likeness (QED) is 0.547. The van der Waals surface area contributed by atoms with Crippen LogP contribution in [0.15, 0.2) is 48.5 Å². The molecule has 0 aliphatic rings. The van der Waals surface area contributed by atoms with Crippen LogP contribution in [-0.2, 0) is 4.79 Å². The van der Waals surface area contributed by atoms with E-state index in [-0.39, 0.29) is 17.7 Å². The van der Waals surface area contributed by atoms with Crippen LogP contribution >= 0.6 is 11.3 Å². The molecule has 0 fully saturated rings. The summed E-state index contributed by atoms with van der Waals surface area (Å²) in [5.41, 5.74) is 2.52. The molecular weight excluding hydrogens is 412 g/mol. The lowest BCUT2D eigenvalue weighted by Gasteiger charge is -2.23. The summed E-state index contributed by atoms with van der Waals surface area (Å²) in [4.78, 5) is 25.7. The molecule has 1 heterocycles. The molecule has 0 spiro atoms. The zero-order valence-corrected chi connectivity index (χ0v) is 18.8. The molecule has 2 amide bonds. The third-order valence-electron chi connectivity index (χ3n) is 5.07. The van der Waals surface area contributed by atoms with Crippen LogP contribution in [0.5, 0.6) is 5.75 Å². The van der Waals surface area contributed by atoms with E-state index in [2.05, 4.69) is 20.8 Å². The molecule has 7 nitrogen and oxygen atoms in total. The first-order valence-electron chi connectivity index (χ1n) is 10.1. The third-order valence-corrected chi connectivity index (χ3v) is 5.96. The highest BCUT2D eigenvalue weighted by molar-refractivity contribution is 7.18. The van der Waals surface area contributed by atoms with Crippen LogP contribution in [0.1, 0.15) is 36.2 Å². The molecule has 3 rings (SSSR count). The van der Waals surface area contributed by atoms with Gasteiger partial charge in [0, 0.05) is 11.1 Å². The second-order valence-corrected chi connectivity index (χ2v) is 8.31. The van der Waals surface area contributed by atoms with Crippen LogP contribution in [0.4, 0.5) is 5.13 Å². The highest BCUT2D eigenvalue weighted by Gasteiger charge is 2.27. The Balaban J connectivity index is 1.73. The van der Waals surface area contributed by atoms with E-state index < -0.39 is 6.04 Å². The Hall–Kier alpha value is -3.26. The lowest BCUT2D eigenvalue weighted by Crippen LogP contribution is -2.47. The Labute approximate surface area is 185 Å². The van der Waals surface area contributed by atoms with Crippen molar-refractivity contribution in [3.63, 3.8) is 0 Å². The zero-order valence-electron chi connectivity index (χ0n) is 18.0. The summed E-state index contributed by atoms with van der Waals surface area (Å²) in [7, 11) is 1.54. The fourth-order valence-electron chi connectivity index (χ4n) is 2.96. The van der Waals surface area contributed by atoms with Crippen LogP contribution < -0.4 is 15.4 Å². The number of benzene rings is 2. The van der Waals surface area contributed by atoms with Gasteiger partial charge in [0.15, 0.2) is 0 Å². The van der Waals surface area contributed by atoms with Gasteiger partial charge in [-0.2, -0.15) is 0 Å². The van der Waals surface area contributed by atoms with Gasteiger partial charge in [0.05, 0.1) is 7.11 Å². The van der Waals surface area contributed by atoms with Crippen molar-refractivity contribution in [2.45, 2.75) is 33.2 Å². The van der Waals surface area contributed by atoms with E-state index in [1.807, 2.05) is 45.0 Å². The Morgan fingerprint density at radius 1 is 1.13 bits per heavy atom. The smallest absolute Gasteiger partial charge is 0.252 e. The average molecular weight is 439 g/mol. The molecule has 2 aromatic carbocycles. The molecule has 0 saturated carbocycles. The lowest BCUT2D eigenvalue weighted by atomic mass is 9.98. The first-order chi connectivity index (χ1) is 14.9. The van der Waals surface area contributed by atoms with Gasteiger partial charge in [-0.15, -0.1) is 10.2 Å². The van der Waals surface area contributed by atoms with Crippen molar-refractivity contribution in [2.24, 2.45) is 5.92 Å². The van der Waals surface area contributed by atoms with Crippen LogP contribution in [0.3, 0.4) is 0 Å². The van der Waals surface area contributed by atoms with Crippen molar-refractivity contribution < 1.29 is 14.3 Å². The molecule has 0 radical (unpaired) electrons. The Morgan fingerprint density at radius 2 is 1.87 bits per heavy atom. The SMILES string of the molecule is CCC(C)C(NC(=O)c1cccc(OC)c1)C(=O)Nc1nnc(-c2ccc(C)cc2)s1. The summed E-state index contributed by atoms with van der Waals surface area (Å²) in [6.07, 6.45) is 0.723. The van der Waals surface area contributed by atoms with E-state index in [1.165, 1.54) is 11.3 Å². The summed E-state index contributed by atoms with van der Waals surface area (Å²) in [5, 5.41) is 15.0. The molecule has 31 heavy (non-hydrogen) atoms. The number of rotatable bonds is 8. The van der Waals surface area contributed by atoms with Gasteiger partial charge in [-0.25, -0.2) is 0 Å². The molecule has 2 N–H and O–H groups in total. The largest absolute Gasteiger partial charge is 0.497 e. The Morgan fingerprint density at radius 3 is 2.55 bits per heavy atom. The van der Waals surface area contributed by atoms with Crippen LogP contribution in [0.2, 0.25) is 0 Å². The second kappa shape index (κ2) is 10.2. The van der Waals surface area contributed by atoms with E-state index in [0.717, 1.165) is 22.6 Å². The summed E-state index contributed by atoms with van der Waals surface area (Å²) in [6.45, 7) is 5.92. The molecule has 162 valence electrons. The van der Waals surface area contributed by atoms with Crippen molar-refractivity contribution in [2.75, 3.05) is 12.4 Å². The number of carbonyl (C=O) groups is 2. The minimum absolute atomic E-state index is 0.0703. The third kappa shape index (κ3) is 5.67. The van der Waals surface area contributed by atoms with Gasteiger partial charge in [0.2, 0.25) is 11.0 Å². The first kappa shape index (κ1) is 22.4. The van der Waals surface area contributed by atoms with Gasteiger partial charge in [0.1, 0.15) is 16.8 Å². The minimum atomic E-state index is -0.713. The number of carbonyl (C=O) groups excluding carboxylic acids is 2. The summed E-state index contributed by atoms with van der Waals surface area (Å²) < 4.78 is 5.18. The topological polar surface area (TPSA) is 93.2 Å². The fraction of sp³-hybridized carbons (Fsp3) is 0.304.